The molecule has 7 heteroatoms. The van der Waals surface area contributed by atoms with E-state index in [0.29, 0.717) is 16.5 Å². The van der Waals surface area contributed by atoms with Crippen molar-refractivity contribution in [3.05, 3.63) is 59.1 Å². The van der Waals surface area contributed by atoms with Crippen LogP contribution in [-0.4, -0.2) is 28.5 Å². The van der Waals surface area contributed by atoms with Crippen molar-refractivity contribution in [3.8, 4) is 0 Å². The second-order valence-electron chi connectivity index (χ2n) is 6.26. The summed E-state index contributed by atoms with van der Waals surface area (Å²) in [6, 6.07) is 15.1. The number of amides is 1. The number of piperidine rings is 1. The number of benzene rings is 2. The van der Waals surface area contributed by atoms with Crippen LogP contribution < -0.4 is 10.6 Å². The second kappa shape index (κ2) is 8.08. The number of nitrogens with one attached hydrogen (secondary N) is 2. The molecule has 1 atom stereocenters. The van der Waals surface area contributed by atoms with E-state index in [1.807, 2.05) is 18.2 Å². The number of para-hydroxylation sites is 2. The van der Waals surface area contributed by atoms with Crippen LogP contribution in [0.25, 0.3) is 11.0 Å². The summed E-state index contributed by atoms with van der Waals surface area (Å²) in [4.78, 5) is 17.3. The van der Waals surface area contributed by atoms with Crippen molar-refractivity contribution in [1.29, 1.82) is 0 Å². The molecule has 0 radical (unpaired) electrons. The van der Waals surface area contributed by atoms with Crippen LogP contribution in [0.15, 0.2) is 48.5 Å². The lowest BCUT2D eigenvalue weighted by Crippen LogP contribution is -2.32. The first-order valence-electron chi connectivity index (χ1n) is 8.47. The lowest BCUT2D eigenvalue weighted by molar-refractivity contribution is 0.102. The van der Waals surface area contributed by atoms with Gasteiger partial charge in [-0.3, -0.25) is 10.1 Å². The average Bonchev–Trinajstić information content (AvgIpc) is 3.00. The Balaban J connectivity index is 0.00000196. The lowest BCUT2D eigenvalue weighted by Gasteiger charge is -2.26. The minimum atomic E-state index is -0.183. The molecule has 136 valence electrons. The van der Waals surface area contributed by atoms with E-state index in [9.17, 15) is 4.79 Å². The van der Waals surface area contributed by atoms with E-state index in [1.165, 1.54) is 0 Å². The molecule has 1 aliphatic rings. The molecule has 2 heterocycles. The third-order valence-electron chi connectivity index (χ3n) is 4.56. The van der Waals surface area contributed by atoms with E-state index in [-0.39, 0.29) is 24.4 Å². The van der Waals surface area contributed by atoms with Crippen molar-refractivity contribution in [2.24, 2.45) is 0 Å². The fraction of sp³-hybridized carbons (Fsp3) is 0.263. The monoisotopic (exact) mass is 390 g/mol. The predicted molar refractivity (Wildman–Crippen MR) is 108 cm³/mol. The third kappa shape index (κ3) is 3.70. The van der Waals surface area contributed by atoms with E-state index in [4.69, 9.17) is 11.6 Å². The van der Waals surface area contributed by atoms with Crippen LogP contribution in [0, 0.1) is 0 Å². The Kier molecular flexibility index (Phi) is 5.81. The quantitative estimate of drug-likeness (QED) is 0.701. The molecule has 1 amide bonds. The van der Waals surface area contributed by atoms with Gasteiger partial charge in [-0.25, -0.2) is 4.98 Å². The molecule has 4 rings (SSSR count). The van der Waals surface area contributed by atoms with Crippen molar-refractivity contribution in [3.63, 3.8) is 0 Å². The summed E-state index contributed by atoms with van der Waals surface area (Å²) in [5.41, 5.74) is 2.49. The molecule has 2 N–H and O–H groups in total. The summed E-state index contributed by atoms with van der Waals surface area (Å²) < 4.78 is 2.15. The molecule has 0 saturated carbocycles. The lowest BCUT2D eigenvalue weighted by atomic mass is 10.1. The van der Waals surface area contributed by atoms with Gasteiger partial charge in [0.05, 0.1) is 11.0 Å². The van der Waals surface area contributed by atoms with Gasteiger partial charge in [-0.2, -0.15) is 0 Å². The van der Waals surface area contributed by atoms with Crippen LogP contribution in [0.2, 0.25) is 5.02 Å². The van der Waals surface area contributed by atoms with Crippen molar-refractivity contribution >= 4 is 46.9 Å². The number of nitrogens with zero attached hydrogens (tertiary/aromatic N) is 2. The number of anilines is 1. The smallest absolute Gasteiger partial charge is 0.257 e. The molecule has 26 heavy (non-hydrogen) atoms. The highest BCUT2D eigenvalue weighted by molar-refractivity contribution is 6.30. The molecule has 0 spiro atoms. The summed E-state index contributed by atoms with van der Waals surface area (Å²) in [6.45, 7) is 1.92. The second-order valence-corrected chi connectivity index (χ2v) is 6.69. The number of rotatable bonds is 3. The van der Waals surface area contributed by atoms with Crippen molar-refractivity contribution < 1.29 is 4.79 Å². The Morgan fingerprint density at radius 3 is 2.69 bits per heavy atom. The minimum Gasteiger partial charge on any atom is -0.315 e. The first kappa shape index (κ1) is 18.7. The highest BCUT2D eigenvalue weighted by Crippen LogP contribution is 2.28. The van der Waals surface area contributed by atoms with Crippen LogP contribution in [-0.2, 0) is 0 Å². The van der Waals surface area contributed by atoms with Gasteiger partial charge >= 0.3 is 0 Å². The van der Waals surface area contributed by atoms with Gasteiger partial charge in [-0.15, -0.1) is 12.4 Å². The van der Waals surface area contributed by atoms with Crippen LogP contribution >= 0.6 is 24.0 Å². The fourth-order valence-electron chi connectivity index (χ4n) is 3.33. The molecule has 1 fully saturated rings. The molecular weight excluding hydrogens is 371 g/mol. The normalized spacial score (nSPS) is 16.9. The maximum atomic E-state index is 12.6. The highest BCUT2D eigenvalue weighted by Gasteiger charge is 2.22. The van der Waals surface area contributed by atoms with Crippen LogP contribution in [0.3, 0.4) is 0 Å². The van der Waals surface area contributed by atoms with E-state index < -0.39 is 0 Å². The Hall–Kier alpha value is -2.08. The van der Waals surface area contributed by atoms with Crippen LogP contribution in [0.1, 0.15) is 29.2 Å². The topological polar surface area (TPSA) is 59.0 Å². The summed E-state index contributed by atoms with van der Waals surface area (Å²) in [6.07, 6.45) is 2.18. The van der Waals surface area contributed by atoms with Gasteiger partial charge in [0.2, 0.25) is 5.95 Å². The Morgan fingerprint density at radius 2 is 1.96 bits per heavy atom. The first-order chi connectivity index (χ1) is 12.2. The van der Waals surface area contributed by atoms with Gasteiger partial charge in [-0.1, -0.05) is 23.7 Å². The van der Waals surface area contributed by atoms with Crippen molar-refractivity contribution in [1.82, 2.24) is 14.9 Å². The number of hydrogen-bond donors (Lipinski definition) is 2. The van der Waals surface area contributed by atoms with E-state index in [0.717, 1.165) is 37.0 Å². The van der Waals surface area contributed by atoms with Crippen molar-refractivity contribution in [2.75, 3.05) is 18.4 Å². The third-order valence-corrected chi connectivity index (χ3v) is 4.82. The number of hydrogen-bond acceptors (Lipinski definition) is 3. The molecule has 1 unspecified atom stereocenters. The number of fused-ring (bicyclic) bond motifs is 1. The zero-order chi connectivity index (χ0) is 17.2. The van der Waals surface area contributed by atoms with E-state index in [1.54, 1.807) is 24.3 Å². The summed E-state index contributed by atoms with van der Waals surface area (Å²) in [5.74, 6) is 0.409. The molecule has 1 aliphatic heterocycles. The zero-order valence-electron chi connectivity index (χ0n) is 14.1. The molecule has 0 bridgehead atoms. The summed E-state index contributed by atoms with van der Waals surface area (Å²) >= 11 is 5.90. The maximum absolute atomic E-state index is 12.6. The standard InChI is InChI=1S/C19H19ClN4O.ClH/c20-14-9-7-13(8-10-14)18(25)23-19-22-16-5-1-2-6-17(16)24(19)15-4-3-11-21-12-15;/h1-2,5-10,15,21H,3-4,11-12H2,(H,22,23,25);1H. The molecule has 5 nitrogen and oxygen atoms in total. The number of imidazole rings is 1. The highest BCUT2D eigenvalue weighted by atomic mass is 35.5. The summed E-state index contributed by atoms with van der Waals surface area (Å²) in [7, 11) is 0. The number of halogens is 2. The van der Waals surface area contributed by atoms with E-state index >= 15 is 0 Å². The maximum Gasteiger partial charge on any atom is 0.257 e. The molecule has 1 saturated heterocycles. The van der Waals surface area contributed by atoms with Gasteiger partial charge < -0.3 is 9.88 Å². The predicted octanol–water partition coefficient (Wildman–Crippen LogP) is 4.29. The fourth-order valence-corrected chi connectivity index (χ4v) is 3.46. The molecule has 1 aromatic heterocycles. The summed E-state index contributed by atoms with van der Waals surface area (Å²) in [5, 5.41) is 7.01. The number of carbonyl (C=O) groups excluding carboxylic acids is 1. The average molecular weight is 391 g/mol. The largest absolute Gasteiger partial charge is 0.315 e. The Morgan fingerprint density at radius 1 is 1.19 bits per heavy atom. The Labute approximate surface area is 163 Å². The number of aromatic nitrogens is 2. The number of carbonyl (C=O) groups is 1. The van der Waals surface area contributed by atoms with Gasteiger partial charge in [0.15, 0.2) is 0 Å². The minimum absolute atomic E-state index is 0. The van der Waals surface area contributed by atoms with Gasteiger partial charge in [0, 0.05) is 23.2 Å². The van der Waals surface area contributed by atoms with Crippen LogP contribution in [0.4, 0.5) is 5.95 Å². The molecule has 2 aromatic carbocycles. The molecular formula is C19H20Cl2N4O. The molecule has 3 aromatic rings. The first-order valence-corrected chi connectivity index (χ1v) is 8.85. The van der Waals surface area contributed by atoms with Gasteiger partial charge in [0.25, 0.3) is 5.91 Å². The van der Waals surface area contributed by atoms with E-state index in [2.05, 4.69) is 26.3 Å². The SMILES string of the molecule is Cl.O=C(Nc1nc2ccccc2n1C1CCCNC1)c1ccc(Cl)cc1. The van der Waals surface area contributed by atoms with Gasteiger partial charge in [0.1, 0.15) is 0 Å². The zero-order valence-corrected chi connectivity index (χ0v) is 15.7. The molecule has 0 aliphatic carbocycles. The Bertz CT molecular complexity index is 902. The van der Waals surface area contributed by atoms with Crippen molar-refractivity contribution in [2.45, 2.75) is 18.9 Å². The van der Waals surface area contributed by atoms with Crippen LogP contribution in [0.5, 0.6) is 0 Å². The van der Waals surface area contributed by atoms with Gasteiger partial charge in [-0.05, 0) is 55.8 Å².